The van der Waals surface area contributed by atoms with Crippen molar-refractivity contribution in [3.05, 3.63) is 34.1 Å². The van der Waals surface area contributed by atoms with Gasteiger partial charge in [0.25, 0.3) is 0 Å². The minimum absolute atomic E-state index is 0.117. The molecule has 0 aromatic heterocycles. The number of rotatable bonds is 5. The SMILES string of the molecule is Fc1ccc(CN(CCBr)CC(F)(F)F)c(Br)c1. The average molecular weight is 393 g/mol. The molecule has 0 N–H and O–H groups in total. The van der Waals surface area contributed by atoms with E-state index in [1.807, 2.05) is 0 Å². The standard InChI is InChI=1S/C11H11Br2F4N/c12-3-4-18(7-11(15,16)17)6-8-1-2-9(14)5-10(8)13/h1-2,5H,3-4,6-7H2. The first-order valence-electron chi connectivity index (χ1n) is 5.11. The Balaban J connectivity index is 2.76. The van der Waals surface area contributed by atoms with Crippen molar-refractivity contribution in [2.24, 2.45) is 0 Å². The number of nitrogens with zero attached hydrogens (tertiary/aromatic N) is 1. The van der Waals surface area contributed by atoms with Crippen LogP contribution in [0.15, 0.2) is 22.7 Å². The molecule has 0 heterocycles. The van der Waals surface area contributed by atoms with Crippen LogP contribution in [0.25, 0.3) is 0 Å². The van der Waals surface area contributed by atoms with E-state index in [-0.39, 0.29) is 13.1 Å². The Bertz CT molecular complexity index is 395. The van der Waals surface area contributed by atoms with Gasteiger partial charge in [0.05, 0.1) is 6.54 Å². The Labute approximate surface area is 119 Å². The molecule has 18 heavy (non-hydrogen) atoms. The highest BCUT2D eigenvalue weighted by Crippen LogP contribution is 2.22. The maximum atomic E-state index is 12.9. The summed E-state index contributed by atoms with van der Waals surface area (Å²) in [6, 6.07) is 3.96. The zero-order valence-electron chi connectivity index (χ0n) is 9.28. The van der Waals surface area contributed by atoms with E-state index in [0.717, 1.165) is 0 Å². The highest BCUT2D eigenvalue weighted by molar-refractivity contribution is 9.10. The van der Waals surface area contributed by atoms with Crippen molar-refractivity contribution >= 4 is 31.9 Å². The summed E-state index contributed by atoms with van der Waals surface area (Å²) in [7, 11) is 0. The first-order chi connectivity index (χ1) is 8.31. The highest BCUT2D eigenvalue weighted by Gasteiger charge is 2.30. The average Bonchev–Trinajstić information content (AvgIpc) is 2.20. The van der Waals surface area contributed by atoms with Crippen molar-refractivity contribution in [3.8, 4) is 0 Å². The van der Waals surface area contributed by atoms with Gasteiger partial charge >= 0.3 is 6.18 Å². The Morgan fingerprint density at radius 3 is 2.39 bits per heavy atom. The van der Waals surface area contributed by atoms with Crippen molar-refractivity contribution < 1.29 is 17.6 Å². The van der Waals surface area contributed by atoms with Crippen LogP contribution in [-0.4, -0.2) is 29.5 Å². The molecular formula is C11H11Br2F4N. The van der Waals surface area contributed by atoms with Crippen LogP contribution in [0.1, 0.15) is 5.56 Å². The van der Waals surface area contributed by atoms with Gasteiger partial charge in [-0.1, -0.05) is 37.9 Å². The molecule has 0 spiro atoms. The molecular weight excluding hydrogens is 382 g/mol. The predicted molar refractivity (Wildman–Crippen MR) is 69.2 cm³/mol. The fraction of sp³-hybridized carbons (Fsp3) is 0.455. The number of hydrogen-bond donors (Lipinski definition) is 0. The molecule has 1 rings (SSSR count). The van der Waals surface area contributed by atoms with E-state index >= 15 is 0 Å². The summed E-state index contributed by atoms with van der Waals surface area (Å²) in [5.74, 6) is -0.423. The maximum Gasteiger partial charge on any atom is 0.401 e. The summed E-state index contributed by atoms with van der Waals surface area (Å²) in [5, 5.41) is 0.446. The van der Waals surface area contributed by atoms with Crippen molar-refractivity contribution in [1.29, 1.82) is 0 Å². The third-order valence-electron chi connectivity index (χ3n) is 2.21. The van der Waals surface area contributed by atoms with Crippen LogP contribution in [0.5, 0.6) is 0 Å². The molecule has 0 atom stereocenters. The second-order valence-electron chi connectivity index (χ2n) is 3.75. The molecule has 0 aliphatic rings. The zero-order chi connectivity index (χ0) is 13.8. The van der Waals surface area contributed by atoms with Gasteiger partial charge < -0.3 is 0 Å². The number of benzene rings is 1. The normalized spacial score (nSPS) is 12.2. The van der Waals surface area contributed by atoms with Crippen LogP contribution in [0.4, 0.5) is 17.6 Å². The predicted octanol–water partition coefficient (Wildman–Crippen LogP) is 4.35. The topological polar surface area (TPSA) is 3.24 Å². The van der Waals surface area contributed by atoms with Gasteiger partial charge in [0.2, 0.25) is 0 Å². The first kappa shape index (κ1) is 15.9. The number of alkyl halides is 4. The number of hydrogen-bond acceptors (Lipinski definition) is 1. The lowest BCUT2D eigenvalue weighted by atomic mass is 10.2. The molecule has 0 radical (unpaired) electrons. The van der Waals surface area contributed by atoms with Crippen molar-refractivity contribution in [1.82, 2.24) is 4.90 Å². The summed E-state index contributed by atoms with van der Waals surface area (Å²) in [6.45, 7) is -0.599. The van der Waals surface area contributed by atoms with Crippen molar-refractivity contribution in [2.45, 2.75) is 12.7 Å². The van der Waals surface area contributed by atoms with Gasteiger partial charge in [-0.3, -0.25) is 4.90 Å². The quantitative estimate of drug-likeness (QED) is 0.532. The zero-order valence-corrected chi connectivity index (χ0v) is 12.4. The van der Waals surface area contributed by atoms with Gasteiger partial charge in [-0.25, -0.2) is 4.39 Å². The molecule has 0 bridgehead atoms. The summed E-state index contributed by atoms with van der Waals surface area (Å²) in [6.07, 6.45) is -4.24. The fourth-order valence-corrected chi connectivity index (χ4v) is 2.46. The van der Waals surface area contributed by atoms with Crippen LogP contribution in [0.2, 0.25) is 0 Å². The monoisotopic (exact) mass is 391 g/mol. The molecule has 1 aromatic carbocycles. The minimum atomic E-state index is -4.24. The van der Waals surface area contributed by atoms with Crippen LogP contribution in [-0.2, 0) is 6.54 Å². The molecule has 1 nitrogen and oxygen atoms in total. The lowest BCUT2D eigenvalue weighted by molar-refractivity contribution is -0.146. The molecule has 0 saturated carbocycles. The Morgan fingerprint density at radius 2 is 1.89 bits per heavy atom. The van der Waals surface area contributed by atoms with Crippen LogP contribution in [0.3, 0.4) is 0 Å². The molecule has 0 aliphatic carbocycles. The third-order valence-corrected chi connectivity index (χ3v) is 3.31. The maximum absolute atomic E-state index is 12.9. The summed E-state index contributed by atoms with van der Waals surface area (Å²) in [4.78, 5) is 1.26. The Morgan fingerprint density at radius 1 is 1.22 bits per heavy atom. The van der Waals surface area contributed by atoms with Gasteiger partial charge in [-0.05, 0) is 17.7 Å². The molecule has 0 amide bonds. The summed E-state index contributed by atoms with van der Waals surface area (Å²) < 4.78 is 50.5. The molecule has 102 valence electrons. The van der Waals surface area contributed by atoms with E-state index in [2.05, 4.69) is 31.9 Å². The van der Waals surface area contributed by atoms with Gasteiger partial charge in [0.15, 0.2) is 0 Å². The molecule has 0 saturated heterocycles. The minimum Gasteiger partial charge on any atom is -0.290 e. The van der Waals surface area contributed by atoms with E-state index in [4.69, 9.17) is 0 Å². The Kier molecular flexibility index (Phi) is 6.07. The van der Waals surface area contributed by atoms with E-state index < -0.39 is 18.5 Å². The molecule has 0 fully saturated rings. The number of halogens is 6. The van der Waals surface area contributed by atoms with Gasteiger partial charge in [0.1, 0.15) is 5.82 Å². The lowest BCUT2D eigenvalue weighted by Gasteiger charge is -2.23. The fourth-order valence-electron chi connectivity index (χ4n) is 1.48. The van der Waals surface area contributed by atoms with Crippen molar-refractivity contribution in [3.63, 3.8) is 0 Å². The smallest absolute Gasteiger partial charge is 0.290 e. The van der Waals surface area contributed by atoms with Gasteiger partial charge in [-0.15, -0.1) is 0 Å². The molecule has 0 aliphatic heterocycles. The van der Waals surface area contributed by atoms with Gasteiger partial charge in [-0.2, -0.15) is 13.2 Å². The summed E-state index contributed by atoms with van der Waals surface area (Å²) >= 11 is 6.27. The van der Waals surface area contributed by atoms with E-state index in [0.29, 0.717) is 15.4 Å². The molecule has 7 heteroatoms. The second-order valence-corrected chi connectivity index (χ2v) is 5.40. The first-order valence-corrected chi connectivity index (χ1v) is 7.02. The second kappa shape index (κ2) is 6.86. The van der Waals surface area contributed by atoms with E-state index in [1.165, 1.54) is 23.1 Å². The molecule has 0 unspecified atom stereocenters. The van der Waals surface area contributed by atoms with Crippen LogP contribution in [0, 0.1) is 5.82 Å². The summed E-state index contributed by atoms with van der Waals surface area (Å²) in [5.41, 5.74) is 0.626. The highest BCUT2D eigenvalue weighted by atomic mass is 79.9. The van der Waals surface area contributed by atoms with Crippen molar-refractivity contribution in [2.75, 3.05) is 18.4 Å². The Hall–Kier alpha value is -0.140. The lowest BCUT2D eigenvalue weighted by Crippen LogP contribution is -2.35. The molecule has 1 aromatic rings. The third kappa shape index (κ3) is 5.67. The van der Waals surface area contributed by atoms with Crippen LogP contribution < -0.4 is 0 Å². The van der Waals surface area contributed by atoms with E-state index in [9.17, 15) is 17.6 Å². The van der Waals surface area contributed by atoms with E-state index in [1.54, 1.807) is 0 Å². The van der Waals surface area contributed by atoms with Gasteiger partial charge in [0, 0.05) is 22.9 Å². The van der Waals surface area contributed by atoms with Crippen LogP contribution >= 0.6 is 31.9 Å². The largest absolute Gasteiger partial charge is 0.401 e.